The molecule has 4 rings (SSSR count). The van der Waals surface area contributed by atoms with E-state index in [1.165, 1.54) is 0 Å². The minimum Gasteiger partial charge on any atom is -0.497 e. The van der Waals surface area contributed by atoms with Crippen LogP contribution in [0.25, 0.3) is 22.8 Å². The molecule has 1 aromatic heterocycles. The van der Waals surface area contributed by atoms with E-state index in [1.807, 2.05) is 36.4 Å². The zero-order valence-corrected chi connectivity index (χ0v) is 16.2. The van der Waals surface area contributed by atoms with Crippen molar-refractivity contribution in [1.29, 1.82) is 0 Å². The summed E-state index contributed by atoms with van der Waals surface area (Å²) >= 11 is 6.12. The van der Waals surface area contributed by atoms with E-state index in [0.717, 1.165) is 11.3 Å². The molecule has 7 heteroatoms. The minimum atomic E-state index is -0.321. The standard InChI is InChI=1S/C22H16ClN3O3/c1-28-15-12-10-14(11-13-15)20-25-22(29-26-20)17-7-3-5-9-19(17)24-21(27)16-6-2-4-8-18(16)23/h2-13H,1H3,(H,24,27). The topological polar surface area (TPSA) is 77.3 Å². The highest BCUT2D eigenvalue weighted by Crippen LogP contribution is 2.29. The number of nitrogens with one attached hydrogen (secondary N) is 1. The Labute approximate surface area is 172 Å². The first kappa shape index (κ1) is 18.7. The van der Waals surface area contributed by atoms with E-state index in [-0.39, 0.29) is 5.91 Å². The Hall–Kier alpha value is -3.64. The summed E-state index contributed by atoms with van der Waals surface area (Å²) in [5.74, 6) is 1.16. The van der Waals surface area contributed by atoms with Crippen molar-refractivity contribution < 1.29 is 14.1 Å². The maximum absolute atomic E-state index is 12.6. The van der Waals surface area contributed by atoms with Crippen LogP contribution in [0, 0.1) is 0 Å². The quantitative estimate of drug-likeness (QED) is 0.486. The van der Waals surface area contributed by atoms with E-state index >= 15 is 0 Å². The lowest BCUT2D eigenvalue weighted by Crippen LogP contribution is -2.13. The Morgan fingerprint density at radius 2 is 1.72 bits per heavy atom. The van der Waals surface area contributed by atoms with Crippen molar-refractivity contribution in [3.63, 3.8) is 0 Å². The van der Waals surface area contributed by atoms with Crippen molar-refractivity contribution >= 4 is 23.2 Å². The number of carbonyl (C=O) groups excluding carboxylic acids is 1. The third-order valence-electron chi connectivity index (χ3n) is 4.30. The molecule has 0 bridgehead atoms. The van der Waals surface area contributed by atoms with E-state index in [9.17, 15) is 4.79 Å². The minimum absolute atomic E-state index is 0.297. The summed E-state index contributed by atoms with van der Waals surface area (Å²) in [6, 6.07) is 21.4. The Morgan fingerprint density at radius 3 is 2.48 bits per heavy atom. The smallest absolute Gasteiger partial charge is 0.260 e. The van der Waals surface area contributed by atoms with Gasteiger partial charge in [0, 0.05) is 5.56 Å². The number of hydrogen-bond donors (Lipinski definition) is 1. The zero-order valence-electron chi connectivity index (χ0n) is 15.4. The maximum atomic E-state index is 12.6. The lowest BCUT2D eigenvalue weighted by atomic mass is 10.1. The van der Waals surface area contributed by atoms with Crippen molar-refractivity contribution in [2.45, 2.75) is 0 Å². The van der Waals surface area contributed by atoms with Crippen LogP contribution in [0.3, 0.4) is 0 Å². The molecule has 0 saturated heterocycles. The molecule has 3 aromatic carbocycles. The van der Waals surface area contributed by atoms with Gasteiger partial charge in [0.1, 0.15) is 5.75 Å². The summed E-state index contributed by atoms with van der Waals surface area (Å²) in [6.07, 6.45) is 0. The average molecular weight is 406 g/mol. The molecule has 1 amide bonds. The van der Waals surface area contributed by atoms with Gasteiger partial charge in [0.25, 0.3) is 11.8 Å². The third-order valence-corrected chi connectivity index (χ3v) is 4.63. The van der Waals surface area contributed by atoms with E-state index in [2.05, 4.69) is 15.5 Å². The molecule has 0 atom stereocenters. The zero-order chi connectivity index (χ0) is 20.2. The molecule has 1 N–H and O–H groups in total. The van der Waals surface area contributed by atoms with Crippen molar-refractivity contribution in [1.82, 2.24) is 10.1 Å². The molecule has 0 fully saturated rings. The number of ether oxygens (including phenoxy) is 1. The molecule has 0 aliphatic carbocycles. The van der Waals surface area contributed by atoms with E-state index in [1.54, 1.807) is 43.5 Å². The third kappa shape index (κ3) is 3.97. The number of rotatable bonds is 5. The SMILES string of the molecule is COc1ccc(-c2noc(-c3ccccc3NC(=O)c3ccccc3Cl)n2)cc1. The Balaban J connectivity index is 1.62. The van der Waals surface area contributed by atoms with Crippen LogP contribution in [-0.2, 0) is 0 Å². The van der Waals surface area contributed by atoms with Gasteiger partial charge in [-0.3, -0.25) is 4.79 Å². The number of aromatic nitrogens is 2. The summed E-state index contributed by atoms with van der Waals surface area (Å²) < 4.78 is 10.6. The molecular weight excluding hydrogens is 390 g/mol. The van der Waals surface area contributed by atoms with Gasteiger partial charge in [-0.1, -0.05) is 41.0 Å². The molecule has 0 unspecified atom stereocenters. The van der Waals surface area contributed by atoms with Crippen LogP contribution in [0.15, 0.2) is 77.3 Å². The van der Waals surface area contributed by atoms with Gasteiger partial charge in [0.05, 0.1) is 28.9 Å². The number of hydrogen-bond acceptors (Lipinski definition) is 5. The van der Waals surface area contributed by atoms with Gasteiger partial charge in [0.15, 0.2) is 0 Å². The van der Waals surface area contributed by atoms with E-state index in [4.69, 9.17) is 20.9 Å². The molecule has 0 aliphatic rings. The van der Waals surface area contributed by atoms with Gasteiger partial charge in [-0.2, -0.15) is 4.98 Å². The fourth-order valence-corrected chi connectivity index (χ4v) is 3.03. The van der Waals surface area contributed by atoms with Crippen molar-refractivity contribution in [3.8, 4) is 28.6 Å². The number of anilines is 1. The second kappa shape index (κ2) is 8.16. The first-order valence-corrected chi connectivity index (χ1v) is 9.17. The number of carbonyl (C=O) groups is 1. The Kier molecular flexibility index (Phi) is 5.27. The van der Waals surface area contributed by atoms with Crippen LogP contribution >= 0.6 is 11.6 Å². The molecule has 4 aromatic rings. The molecule has 0 saturated carbocycles. The highest BCUT2D eigenvalue weighted by molar-refractivity contribution is 6.34. The van der Waals surface area contributed by atoms with Gasteiger partial charge >= 0.3 is 0 Å². The van der Waals surface area contributed by atoms with Gasteiger partial charge < -0.3 is 14.6 Å². The maximum Gasteiger partial charge on any atom is 0.260 e. The first-order chi connectivity index (χ1) is 14.2. The molecule has 29 heavy (non-hydrogen) atoms. The molecule has 144 valence electrons. The molecule has 0 spiro atoms. The lowest BCUT2D eigenvalue weighted by Gasteiger charge is -2.09. The second-order valence-corrected chi connectivity index (χ2v) is 6.54. The summed E-state index contributed by atoms with van der Waals surface area (Å²) in [7, 11) is 1.61. The van der Waals surface area contributed by atoms with Gasteiger partial charge in [-0.15, -0.1) is 0 Å². The first-order valence-electron chi connectivity index (χ1n) is 8.79. The van der Waals surface area contributed by atoms with E-state index in [0.29, 0.717) is 33.6 Å². The summed E-state index contributed by atoms with van der Waals surface area (Å²) in [6.45, 7) is 0. The highest BCUT2D eigenvalue weighted by atomic mass is 35.5. The number of halogens is 1. The second-order valence-electron chi connectivity index (χ2n) is 6.13. The number of methoxy groups -OCH3 is 1. The van der Waals surface area contributed by atoms with Crippen LogP contribution < -0.4 is 10.1 Å². The van der Waals surface area contributed by atoms with Crippen LogP contribution in [0.1, 0.15) is 10.4 Å². The van der Waals surface area contributed by atoms with Crippen molar-refractivity contribution in [2.24, 2.45) is 0 Å². The summed E-state index contributed by atoms with van der Waals surface area (Å²) in [5.41, 5.74) is 2.33. The molecule has 1 heterocycles. The Morgan fingerprint density at radius 1 is 1.00 bits per heavy atom. The highest BCUT2D eigenvalue weighted by Gasteiger charge is 2.17. The van der Waals surface area contributed by atoms with Gasteiger partial charge in [-0.25, -0.2) is 0 Å². The number of nitrogens with zero attached hydrogens (tertiary/aromatic N) is 2. The predicted octanol–water partition coefficient (Wildman–Crippen LogP) is 5.32. The van der Waals surface area contributed by atoms with Crippen LogP contribution in [0.4, 0.5) is 5.69 Å². The van der Waals surface area contributed by atoms with Crippen molar-refractivity contribution in [2.75, 3.05) is 12.4 Å². The summed E-state index contributed by atoms with van der Waals surface area (Å²) in [4.78, 5) is 17.1. The van der Waals surface area contributed by atoms with Crippen LogP contribution in [0.5, 0.6) is 5.75 Å². The average Bonchev–Trinajstić information content (AvgIpc) is 3.24. The number of amides is 1. The van der Waals surface area contributed by atoms with Gasteiger partial charge in [0.2, 0.25) is 5.82 Å². The normalized spacial score (nSPS) is 10.6. The largest absolute Gasteiger partial charge is 0.497 e. The predicted molar refractivity (Wildman–Crippen MR) is 111 cm³/mol. The van der Waals surface area contributed by atoms with E-state index < -0.39 is 0 Å². The monoisotopic (exact) mass is 405 g/mol. The molecular formula is C22H16ClN3O3. The number of benzene rings is 3. The van der Waals surface area contributed by atoms with Gasteiger partial charge in [-0.05, 0) is 48.5 Å². The fourth-order valence-electron chi connectivity index (χ4n) is 2.80. The lowest BCUT2D eigenvalue weighted by molar-refractivity contribution is 0.102. The summed E-state index contributed by atoms with van der Waals surface area (Å²) in [5, 5.41) is 7.29. The molecule has 0 radical (unpaired) electrons. The molecule has 6 nitrogen and oxygen atoms in total. The van der Waals surface area contributed by atoms with Crippen molar-refractivity contribution in [3.05, 3.63) is 83.4 Å². The Bertz CT molecular complexity index is 1160. The molecule has 0 aliphatic heterocycles. The van der Waals surface area contributed by atoms with Crippen LogP contribution in [0.2, 0.25) is 5.02 Å². The number of para-hydroxylation sites is 1. The fraction of sp³-hybridized carbons (Fsp3) is 0.0455. The van der Waals surface area contributed by atoms with Crippen LogP contribution in [-0.4, -0.2) is 23.2 Å².